The molecule has 4 aromatic rings. The molecule has 0 bridgehead atoms. The fourth-order valence-corrected chi connectivity index (χ4v) is 5.08. The van der Waals surface area contributed by atoms with Crippen molar-refractivity contribution >= 4 is 46.2 Å². The van der Waals surface area contributed by atoms with Gasteiger partial charge in [-0.3, -0.25) is 14.8 Å². The summed E-state index contributed by atoms with van der Waals surface area (Å²) in [6, 6.07) is 20.9. The van der Waals surface area contributed by atoms with Gasteiger partial charge in [-0.15, -0.1) is 0 Å². The Morgan fingerprint density at radius 2 is 1.92 bits per heavy atom. The van der Waals surface area contributed by atoms with Crippen LogP contribution >= 0.6 is 23.8 Å². The minimum absolute atomic E-state index is 0.0562. The molecule has 1 amide bonds. The van der Waals surface area contributed by atoms with E-state index in [1.54, 1.807) is 24.5 Å². The number of thiocarbonyl (C=S) groups is 1. The molecular weight excluding hydrogens is 508 g/mol. The molecule has 8 nitrogen and oxygen atoms in total. The zero-order chi connectivity index (χ0) is 25.8. The van der Waals surface area contributed by atoms with E-state index in [0.29, 0.717) is 22.4 Å². The molecule has 1 fully saturated rings. The molecule has 3 aromatic heterocycles. The molecule has 1 saturated heterocycles. The van der Waals surface area contributed by atoms with Crippen molar-refractivity contribution in [2.24, 2.45) is 0 Å². The number of aromatic nitrogens is 3. The van der Waals surface area contributed by atoms with Gasteiger partial charge in [-0.1, -0.05) is 23.7 Å². The van der Waals surface area contributed by atoms with Crippen LogP contribution < -0.4 is 15.5 Å². The summed E-state index contributed by atoms with van der Waals surface area (Å²) < 4.78 is 7.07. The average Bonchev–Trinajstić information content (AvgIpc) is 3.50. The minimum Gasteiger partial charge on any atom is -0.375 e. The highest BCUT2D eigenvalue weighted by Crippen LogP contribution is 2.43. The molecule has 0 aliphatic carbocycles. The number of amides is 1. The number of methoxy groups -OCH3 is 1. The Morgan fingerprint density at radius 3 is 2.62 bits per heavy atom. The first-order valence-electron chi connectivity index (χ1n) is 11.7. The third kappa shape index (κ3) is 5.34. The molecule has 2 unspecified atom stereocenters. The van der Waals surface area contributed by atoms with Gasteiger partial charge in [-0.25, -0.2) is 0 Å². The van der Waals surface area contributed by atoms with Crippen LogP contribution in [0.1, 0.15) is 29.2 Å². The molecule has 1 aromatic carbocycles. The number of rotatable bonds is 8. The van der Waals surface area contributed by atoms with Gasteiger partial charge in [0.25, 0.3) is 0 Å². The summed E-state index contributed by atoms with van der Waals surface area (Å²) >= 11 is 12.4. The highest BCUT2D eigenvalue weighted by molar-refractivity contribution is 7.80. The lowest BCUT2D eigenvalue weighted by Gasteiger charge is -2.29. The SMILES string of the molecule is COCC(=O)Nc1ccc(N2C(=S)NC(c3ccccn3)C2c2cccn2Cc2ccccn2)cc1Cl. The Hall–Kier alpha value is -3.79. The highest BCUT2D eigenvalue weighted by Gasteiger charge is 2.42. The Balaban J connectivity index is 1.54. The van der Waals surface area contributed by atoms with Crippen molar-refractivity contribution in [1.29, 1.82) is 0 Å². The van der Waals surface area contributed by atoms with Crippen LogP contribution in [0.25, 0.3) is 0 Å². The summed E-state index contributed by atoms with van der Waals surface area (Å²) in [5.41, 5.74) is 4.16. The van der Waals surface area contributed by atoms with E-state index in [0.717, 1.165) is 22.8 Å². The highest BCUT2D eigenvalue weighted by atomic mass is 35.5. The van der Waals surface area contributed by atoms with E-state index in [2.05, 4.69) is 31.2 Å². The Labute approximate surface area is 225 Å². The summed E-state index contributed by atoms with van der Waals surface area (Å²) in [6.07, 6.45) is 5.62. The number of nitrogens with zero attached hydrogens (tertiary/aromatic N) is 4. The van der Waals surface area contributed by atoms with Gasteiger partial charge in [0.2, 0.25) is 5.91 Å². The monoisotopic (exact) mass is 532 g/mol. The maximum absolute atomic E-state index is 12.0. The third-order valence-electron chi connectivity index (χ3n) is 6.10. The Bertz CT molecular complexity index is 1400. The molecule has 10 heteroatoms. The zero-order valence-corrected chi connectivity index (χ0v) is 21.6. The summed E-state index contributed by atoms with van der Waals surface area (Å²) in [7, 11) is 1.47. The van der Waals surface area contributed by atoms with Crippen LogP contribution in [0, 0.1) is 0 Å². The lowest BCUT2D eigenvalue weighted by molar-refractivity contribution is -0.119. The summed E-state index contributed by atoms with van der Waals surface area (Å²) in [5.74, 6) is -0.282. The van der Waals surface area contributed by atoms with E-state index in [4.69, 9.17) is 28.6 Å². The van der Waals surface area contributed by atoms with Crippen LogP contribution in [0.15, 0.2) is 85.3 Å². The molecule has 2 atom stereocenters. The molecule has 1 aliphatic heterocycles. The van der Waals surface area contributed by atoms with E-state index in [1.165, 1.54) is 7.11 Å². The second-order valence-corrected chi connectivity index (χ2v) is 9.32. The van der Waals surface area contributed by atoms with Gasteiger partial charge < -0.3 is 24.8 Å². The zero-order valence-electron chi connectivity index (χ0n) is 20.0. The molecule has 5 rings (SSSR count). The number of halogens is 1. The van der Waals surface area contributed by atoms with Gasteiger partial charge in [0.1, 0.15) is 12.6 Å². The lowest BCUT2D eigenvalue weighted by atomic mass is 10.0. The normalized spacial score (nSPS) is 17.0. The fraction of sp³-hybridized carbons (Fsp3) is 0.185. The van der Waals surface area contributed by atoms with Gasteiger partial charge in [0.15, 0.2) is 5.11 Å². The molecule has 188 valence electrons. The minimum atomic E-state index is -0.282. The van der Waals surface area contributed by atoms with E-state index < -0.39 is 0 Å². The first-order chi connectivity index (χ1) is 18.0. The van der Waals surface area contributed by atoms with Gasteiger partial charge in [-0.05, 0) is 66.8 Å². The summed E-state index contributed by atoms with van der Waals surface area (Å²) in [4.78, 5) is 23.2. The number of hydrogen-bond acceptors (Lipinski definition) is 5. The topological polar surface area (TPSA) is 84.3 Å². The summed E-state index contributed by atoms with van der Waals surface area (Å²) in [5, 5.41) is 7.18. The average molecular weight is 533 g/mol. The van der Waals surface area contributed by atoms with Crippen LogP contribution in [0.4, 0.5) is 11.4 Å². The van der Waals surface area contributed by atoms with Crippen molar-refractivity contribution in [3.05, 3.63) is 107 Å². The van der Waals surface area contributed by atoms with Crippen molar-refractivity contribution < 1.29 is 9.53 Å². The van der Waals surface area contributed by atoms with Crippen LogP contribution in [-0.4, -0.2) is 39.3 Å². The molecule has 2 N–H and O–H groups in total. The molecule has 1 aliphatic rings. The van der Waals surface area contributed by atoms with Crippen LogP contribution in [0.5, 0.6) is 0 Å². The molecule has 0 radical (unpaired) electrons. The number of anilines is 2. The Kier molecular flexibility index (Phi) is 7.45. The van der Waals surface area contributed by atoms with Crippen molar-refractivity contribution in [3.8, 4) is 0 Å². The van der Waals surface area contributed by atoms with Crippen molar-refractivity contribution in [2.45, 2.75) is 18.6 Å². The Morgan fingerprint density at radius 1 is 1.11 bits per heavy atom. The maximum atomic E-state index is 12.0. The number of hydrogen-bond donors (Lipinski definition) is 2. The second kappa shape index (κ2) is 11.1. The van der Waals surface area contributed by atoms with E-state index >= 15 is 0 Å². The number of carbonyl (C=O) groups excluding carboxylic acids is 1. The lowest BCUT2D eigenvalue weighted by Crippen LogP contribution is -2.30. The first-order valence-corrected chi connectivity index (χ1v) is 12.5. The third-order valence-corrected chi connectivity index (χ3v) is 6.73. The van der Waals surface area contributed by atoms with E-state index in [-0.39, 0.29) is 24.6 Å². The van der Waals surface area contributed by atoms with Gasteiger partial charge >= 0.3 is 0 Å². The maximum Gasteiger partial charge on any atom is 0.250 e. The largest absolute Gasteiger partial charge is 0.375 e. The number of ether oxygens (including phenoxy) is 1. The van der Waals surface area contributed by atoms with Crippen molar-refractivity contribution in [1.82, 2.24) is 19.9 Å². The van der Waals surface area contributed by atoms with Gasteiger partial charge in [0, 0.05) is 37.1 Å². The summed E-state index contributed by atoms with van der Waals surface area (Å²) in [6.45, 7) is 0.555. The van der Waals surface area contributed by atoms with Crippen molar-refractivity contribution in [2.75, 3.05) is 23.9 Å². The molecule has 37 heavy (non-hydrogen) atoms. The van der Waals surface area contributed by atoms with E-state index in [1.807, 2.05) is 59.6 Å². The van der Waals surface area contributed by atoms with Crippen LogP contribution in [0.3, 0.4) is 0 Å². The number of pyridine rings is 2. The standard InChI is InChI=1S/C27H25ClN6O2S/c1-36-17-24(35)31-21-11-10-19(15-20(21)28)34-26(25(32-27(34)37)22-8-3-5-13-30-22)23-9-6-14-33(23)16-18-7-2-4-12-29-18/h2-15,25-26H,16-17H2,1H3,(H,31,35)(H,32,37). The molecule has 0 spiro atoms. The fourth-order valence-electron chi connectivity index (χ4n) is 4.51. The predicted molar refractivity (Wildman–Crippen MR) is 148 cm³/mol. The smallest absolute Gasteiger partial charge is 0.250 e. The number of benzene rings is 1. The van der Waals surface area contributed by atoms with Gasteiger partial charge in [-0.2, -0.15) is 0 Å². The van der Waals surface area contributed by atoms with Crippen LogP contribution in [-0.2, 0) is 16.1 Å². The molecular formula is C27H25ClN6O2S. The predicted octanol–water partition coefficient (Wildman–Crippen LogP) is 4.74. The van der Waals surface area contributed by atoms with Crippen LogP contribution in [0.2, 0.25) is 5.02 Å². The number of carbonyl (C=O) groups is 1. The van der Waals surface area contributed by atoms with Gasteiger partial charge in [0.05, 0.1) is 34.7 Å². The second-order valence-electron chi connectivity index (χ2n) is 8.52. The quantitative estimate of drug-likeness (QED) is 0.317. The first kappa shape index (κ1) is 24.9. The number of nitrogens with one attached hydrogen (secondary N) is 2. The van der Waals surface area contributed by atoms with E-state index in [9.17, 15) is 4.79 Å². The molecule has 4 heterocycles. The molecule has 0 saturated carbocycles. The van der Waals surface area contributed by atoms with Crippen molar-refractivity contribution in [3.63, 3.8) is 0 Å².